The van der Waals surface area contributed by atoms with Crippen LogP contribution in [-0.2, 0) is 11.3 Å². The van der Waals surface area contributed by atoms with Crippen LogP contribution in [0.15, 0.2) is 5.16 Å². The van der Waals surface area contributed by atoms with Crippen LogP contribution in [0.4, 0.5) is 0 Å². The van der Waals surface area contributed by atoms with Crippen LogP contribution in [0.1, 0.15) is 32.6 Å². The molecule has 1 heterocycles. The molecule has 0 saturated heterocycles. The summed E-state index contributed by atoms with van der Waals surface area (Å²) in [5.74, 6) is 0.838. The Bertz CT molecular complexity index is 420. The largest absolute Gasteiger partial charge is 0.353 e. The number of amides is 1. The summed E-state index contributed by atoms with van der Waals surface area (Å²) >= 11 is 1.53. The zero-order valence-electron chi connectivity index (χ0n) is 11.8. The van der Waals surface area contributed by atoms with Gasteiger partial charge >= 0.3 is 0 Å². The third-order valence-electron chi connectivity index (χ3n) is 2.93. The first-order valence-corrected chi connectivity index (χ1v) is 8.17. The van der Waals surface area contributed by atoms with Crippen LogP contribution < -0.4 is 10.6 Å². The minimum Gasteiger partial charge on any atom is -0.353 e. The molecule has 2 N–H and O–H groups in total. The Labute approximate surface area is 123 Å². The summed E-state index contributed by atoms with van der Waals surface area (Å²) in [6, 6.07) is 0.433. The Kier molecular flexibility index (Phi) is 6.25. The van der Waals surface area contributed by atoms with Gasteiger partial charge in [-0.05, 0) is 36.2 Å². The van der Waals surface area contributed by atoms with Crippen molar-refractivity contribution in [3.8, 4) is 0 Å². The van der Waals surface area contributed by atoms with E-state index in [1.807, 2.05) is 0 Å². The van der Waals surface area contributed by atoms with Crippen molar-refractivity contribution in [1.29, 1.82) is 0 Å². The molecule has 1 aromatic rings. The first-order chi connectivity index (χ1) is 9.79. The van der Waals surface area contributed by atoms with Gasteiger partial charge in [0.15, 0.2) is 0 Å². The highest BCUT2D eigenvalue weighted by atomic mass is 32.2. The average molecular weight is 298 g/mol. The van der Waals surface area contributed by atoms with Gasteiger partial charge in [0.2, 0.25) is 11.1 Å². The van der Waals surface area contributed by atoms with E-state index in [4.69, 9.17) is 0 Å². The quantitative estimate of drug-likeness (QED) is 0.481. The number of nitrogens with zero attached hydrogens (tertiary/aromatic N) is 4. The van der Waals surface area contributed by atoms with E-state index in [2.05, 4.69) is 33.1 Å². The van der Waals surface area contributed by atoms with Crippen molar-refractivity contribution in [3.63, 3.8) is 0 Å². The van der Waals surface area contributed by atoms with Gasteiger partial charge < -0.3 is 10.6 Å². The van der Waals surface area contributed by atoms with Crippen LogP contribution in [0, 0.1) is 0 Å². The lowest BCUT2D eigenvalue weighted by molar-refractivity contribution is -0.120. The van der Waals surface area contributed by atoms with Crippen molar-refractivity contribution < 1.29 is 4.79 Å². The molecule has 0 atom stereocenters. The first kappa shape index (κ1) is 15.2. The molecule has 1 amide bonds. The molecule has 1 aliphatic carbocycles. The summed E-state index contributed by atoms with van der Waals surface area (Å²) < 4.78 is 1.78. The Morgan fingerprint density at radius 2 is 2.30 bits per heavy atom. The fourth-order valence-corrected chi connectivity index (χ4v) is 2.53. The van der Waals surface area contributed by atoms with Crippen molar-refractivity contribution in [3.05, 3.63) is 0 Å². The van der Waals surface area contributed by atoms with E-state index in [0.29, 0.717) is 18.2 Å². The number of hydrogen-bond donors (Lipinski definition) is 2. The highest BCUT2D eigenvalue weighted by Gasteiger charge is 2.22. The first-order valence-electron chi connectivity index (χ1n) is 7.18. The van der Waals surface area contributed by atoms with Gasteiger partial charge in [-0.2, -0.15) is 0 Å². The molecule has 1 saturated carbocycles. The van der Waals surface area contributed by atoms with E-state index in [9.17, 15) is 4.79 Å². The van der Waals surface area contributed by atoms with Crippen molar-refractivity contribution in [2.75, 3.05) is 18.8 Å². The molecule has 0 bridgehead atoms. The molecule has 7 nitrogen and oxygen atoms in total. The maximum Gasteiger partial charge on any atom is 0.221 e. The van der Waals surface area contributed by atoms with Crippen LogP contribution in [0.3, 0.4) is 0 Å². The summed E-state index contributed by atoms with van der Waals surface area (Å²) in [4.78, 5) is 11.6. The Morgan fingerprint density at radius 3 is 3.05 bits per heavy atom. The Hall–Kier alpha value is -1.15. The third-order valence-corrected chi connectivity index (χ3v) is 3.89. The van der Waals surface area contributed by atoms with Crippen molar-refractivity contribution >= 4 is 17.7 Å². The predicted molar refractivity (Wildman–Crippen MR) is 77.5 cm³/mol. The molecule has 8 heteroatoms. The molecule has 1 fully saturated rings. The maximum atomic E-state index is 11.6. The fraction of sp³-hybridized carbons (Fsp3) is 0.833. The second kappa shape index (κ2) is 8.21. The lowest BCUT2D eigenvalue weighted by Gasteiger charge is -2.05. The maximum absolute atomic E-state index is 11.6. The van der Waals surface area contributed by atoms with Gasteiger partial charge in [0.25, 0.3) is 0 Å². The molecule has 20 heavy (non-hydrogen) atoms. The molecule has 0 aromatic carbocycles. The predicted octanol–water partition coefficient (Wildman–Crippen LogP) is 0.434. The average Bonchev–Trinajstić information content (AvgIpc) is 3.13. The zero-order valence-corrected chi connectivity index (χ0v) is 12.7. The molecular formula is C12H22N6OS. The van der Waals surface area contributed by atoms with E-state index < -0.39 is 0 Å². The molecular weight excluding hydrogens is 276 g/mol. The minimum absolute atomic E-state index is 0.128. The minimum atomic E-state index is 0.128. The highest BCUT2D eigenvalue weighted by Crippen LogP contribution is 2.19. The third kappa shape index (κ3) is 5.46. The van der Waals surface area contributed by atoms with Crippen molar-refractivity contribution in [2.24, 2.45) is 0 Å². The number of nitrogens with one attached hydrogen (secondary N) is 2. The van der Waals surface area contributed by atoms with Gasteiger partial charge in [0.05, 0.1) is 6.54 Å². The summed E-state index contributed by atoms with van der Waals surface area (Å²) in [6.07, 6.45) is 3.89. The summed E-state index contributed by atoms with van der Waals surface area (Å²) in [5, 5.41) is 18.7. The normalized spacial score (nSPS) is 14.4. The highest BCUT2D eigenvalue weighted by molar-refractivity contribution is 7.99. The second-order valence-electron chi connectivity index (χ2n) is 4.87. The SMILES string of the molecule is CCCNCCn1nnnc1SCCC(=O)NC1CC1. The number of hydrogen-bond acceptors (Lipinski definition) is 6. The topological polar surface area (TPSA) is 84.7 Å². The molecule has 112 valence electrons. The number of thioether (sulfide) groups is 1. The molecule has 0 unspecified atom stereocenters. The summed E-state index contributed by atoms with van der Waals surface area (Å²) in [6.45, 7) is 4.75. The van der Waals surface area contributed by atoms with Crippen LogP contribution in [0.5, 0.6) is 0 Å². The molecule has 0 spiro atoms. The van der Waals surface area contributed by atoms with E-state index in [0.717, 1.165) is 44.1 Å². The van der Waals surface area contributed by atoms with Crippen LogP contribution in [-0.4, -0.2) is 51.0 Å². The number of carbonyl (C=O) groups excluding carboxylic acids is 1. The zero-order chi connectivity index (χ0) is 14.2. The van der Waals surface area contributed by atoms with E-state index in [1.165, 1.54) is 11.8 Å². The Morgan fingerprint density at radius 1 is 1.45 bits per heavy atom. The van der Waals surface area contributed by atoms with Crippen molar-refractivity contribution in [1.82, 2.24) is 30.8 Å². The Balaban J connectivity index is 1.64. The number of rotatable bonds is 10. The van der Waals surface area contributed by atoms with Gasteiger partial charge in [0.1, 0.15) is 0 Å². The van der Waals surface area contributed by atoms with Gasteiger partial charge in [-0.15, -0.1) is 5.10 Å². The van der Waals surface area contributed by atoms with Gasteiger partial charge in [0, 0.05) is 24.8 Å². The molecule has 2 rings (SSSR count). The van der Waals surface area contributed by atoms with Gasteiger partial charge in [-0.3, -0.25) is 4.79 Å². The summed E-state index contributed by atoms with van der Waals surface area (Å²) in [5.41, 5.74) is 0. The lowest BCUT2D eigenvalue weighted by atomic mass is 10.4. The monoisotopic (exact) mass is 298 g/mol. The van der Waals surface area contributed by atoms with Gasteiger partial charge in [-0.1, -0.05) is 18.7 Å². The number of aromatic nitrogens is 4. The molecule has 1 aliphatic rings. The smallest absolute Gasteiger partial charge is 0.221 e. The lowest BCUT2D eigenvalue weighted by Crippen LogP contribution is -2.25. The number of tetrazole rings is 1. The summed E-state index contributed by atoms with van der Waals surface area (Å²) in [7, 11) is 0. The van der Waals surface area contributed by atoms with E-state index >= 15 is 0 Å². The standard InChI is InChI=1S/C12H22N6OS/c1-2-6-13-7-8-18-12(15-16-17-18)20-9-5-11(19)14-10-3-4-10/h10,13H,2-9H2,1H3,(H,14,19). The van der Waals surface area contributed by atoms with Gasteiger partial charge in [-0.25, -0.2) is 4.68 Å². The van der Waals surface area contributed by atoms with Crippen molar-refractivity contribution in [2.45, 2.75) is 50.4 Å². The van der Waals surface area contributed by atoms with E-state index in [-0.39, 0.29) is 5.91 Å². The molecule has 1 aromatic heterocycles. The molecule has 0 radical (unpaired) electrons. The van der Waals surface area contributed by atoms with E-state index in [1.54, 1.807) is 4.68 Å². The van der Waals surface area contributed by atoms with Crippen LogP contribution in [0.2, 0.25) is 0 Å². The number of carbonyl (C=O) groups is 1. The van der Waals surface area contributed by atoms with Crippen LogP contribution >= 0.6 is 11.8 Å². The second-order valence-corrected chi connectivity index (χ2v) is 5.94. The fourth-order valence-electron chi connectivity index (χ4n) is 1.69. The molecule has 0 aliphatic heterocycles. The van der Waals surface area contributed by atoms with Crippen LogP contribution in [0.25, 0.3) is 0 Å².